The Kier molecular flexibility index (Phi) is 7.22. The number of pyridine rings is 1. The van der Waals surface area contributed by atoms with Gasteiger partial charge in [0.15, 0.2) is 15.6 Å². The van der Waals surface area contributed by atoms with Gasteiger partial charge in [-0.25, -0.2) is 22.9 Å². The van der Waals surface area contributed by atoms with Crippen LogP contribution >= 0.6 is 0 Å². The number of hydrogen-bond donors (Lipinski definition) is 1. The predicted octanol–water partition coefficient (Wildman–Crippen LogP) is 4.10. The van der Waals surface area contributed by atoms with Gasteiger partial charge < -0.3 is 5.32 Å². The molecule has 1 unspecified atom stereocenters. The standard InChI is InChI=1S/C25H22F3N5O5S/c1-3-30-23(35)33-22(16-6-5-14(13-29)11-19(16)39(37,38)4-2)21-17(7-8-18(21)34)32(24(33)36)15-9-10-31-20(12-15)25(26,27)28/h5-6,9-12,22H,3-4,7-8H2,1-2H3,(H,30,35). The first-order valence-electron chi connectivity index (χ1n) is 11.8. The molecule has 39 heavy (non-hydrogen) atoms. The molecule has 1 aliphatic heterocycles. The Labute approximate surface area is 221 Å². The maximum Gasteiger partial charge on any atom is 0.433 e. The maximum atomic E-state index is 13.9. The van der Waals surface area contributed by atoms with Crippen LogP contribution in [0.4, 0.5) is 28.4 Å². The summed E-state index contributed by atoms with van der Waals surface area (Å²) in [4.78, 5) is 44.9. The molecule has 4 rings (SSSR count). The van der Waals surface area contributed by atoms with Crippen LogP contribution in [0.2, 0.25) is 0 Å². The highest BCUT2D eigenvalue weighted by molar-refractivity contribution is 7.91. The number of imide groups is 1. The van der Waals surface area contributed by atoms with Crippen molar-refractivity contribution < 1.29 is 36.0 Å². The molecule has 0 spiro atoms. The molecule has 0 saturated carbocycles. The van der Waals surface area contributed by atoms with Crippen molar-refractivity contribution >= 4 is 33.4 Å². The van der Waals surface area contributed by atoms with Gasteiger partial charge in [-0.3, -0.25) is 14.7 Å². The van der Waals surface area contributed by atoms with Gasteiger partial charge in [0.25, 0.3) is 0 Å². The lowest BCUT2D eigenvalue weighted by atomic mass is 9.92. The fourth-order valence-electron chi connectivity index (χ4n) is 4.64. The van der Waals surface area contributed by atoms with Gasteiger partial charge in [-0.1, -0.05) is 13.0 Å². The number of benzene rings is 1. The molecule has 2 heterocycles. The molecule has 2 aromatic rings. The van der Waals surface area contributed by atoms with Gasteiger partial charge in [0.2, 0.25) is 0 Å². The second kappa shape index (κ2) is 10.1. The number of amides is 4. The smallest absolute Gasteiger partial charge is 0.338 e. The molecule has 1 aromatic carbocycles. The quantitative estimate of drug-likeness (QED) is 0.580. The van der Waals surface area contributed by atoms with Crippen LogP contribution in [0.5, 0.6) is 0 Å². The molecular weight excluding hydrogens is 539 g/mol. The van der Waals surface area contributed by atoms with Gasteiger partial charge in [0, 0.05) is 30.4 Å². The molecule has 2 aliphatic rings. The Morgan fingerprint density at radius 1 is 1.18 bits per heavy atom. The van der Waals surface area contributed by atoms with Crippen molar-refractivity contribution in [2.45, 2.75) is 43.8 Å². The summed E-state index contributed by atoms with van der Waals surface area (Å²) in [6.07, 6.45) is -4.12. The number of aromatic nitrogens is 1. The highest BCUT2D eigenvalue weighted by Crippen LogP contribution is 2.47. The largest absolute Gasteiger partial charge is 0.433 e. The second-order valence-electron chi connectivity index (χ2n) is 8.67. The van der Waals surface area contributed by atoms with Crippen LogP contribution in [0.3, 0.4) is 0 Å². The fraction of sp³-hybridized carbons (Fsp3) is 0.320. The van der Waals surface area contributed by atoms with Crippen LogP contribution in [0.25, 0.3) is 0 Å². The van der Waals surface area contributed by atoms with Gasteiger partial charge in [0.05, 0.1) is 28.0 Å². The lowest BCUT2D eigenvalue weighted by molar-refractivity contribution is -0.141. The van der Waals surface area contributed by atoms with E-state index in [4.69, 9.17) is 0 Å². The summed E-state index contributed by atoms with van der Waals surface area (Å²) in [6.45, 7) is 2.99. The molecule has 0 saturated heterocycles. The number of urea groups is 2. The number of carbonyl (C=O) groups is 3. The van der Waals surface area contributed by atoms with Gasteiger partial charge >= 0.3 is 18.2 Å². The van der Waals surface area contributed by atoms with Crippen molar-refractivity contribution in [1.29, 1.82) is 5.26 Å². The van der Waals surface area contributed by atoms with Crippen LogP contribution in [0.15, 0.2) is 52.7 Å². The average molecular weight is 562 g/mol. The Bertz CT molecular complexity index is 1560. The number of nitriles is 1. The highest BCUT2D eigenvalue weighted by Gasteiger charge is 2.50. The molecule has 0 fully saturated rings. The molecule has 4 amide bonds. The molecule has 1 aromatic heterocycles. The summed E-state index contributed by atoms with van der Waals surface area (Å²) >= 11 is 0. The van der Waals surface area contributed by atoms with E-state index in [2.05, 4.69) is 10.3 Å². The molecule has 10 nitrogen and oxygen atoms in total. The van der Waals surface area contributed by atoms with Crippen molar-refractivity contribution in [3.8, 4) is 6.07 Å². The number of alkyl halides is 3. The van der Waals surface area contributed by atoms with E-state index >= 15 is 0 Å². The number of hydrogen-bond acceptors (Lipinski definition) is 7. The SMILES string of the molecule is CCNC(=O)N1C(=O)N(c2ccnc(C(F)(F)F)c2)C2=C(C(=O)CC2)C1c1ccc(C#N)cc1S(=O)(=O)CC. The number of anilines is 1. The summed E-state index contributed by atoms with van der Waals surface area (Å²) in [7, 11) is -4.03. The first-order chi connectivity index (χ1) is 18.3. The van der Waals surface area contributed by atoms with Gasteiger partial charge in [-0.05, 0) is 43.2 Å². The first kappa shape index (κ1) is 27.8. The van der Waals surface area contributed by atoms with Crippen LogP contribution in [0.1, 0.15) is 49.6 Å². The van der Waals surface area contributed by atoms with E-state index in [9.17, 15) is 41.2 Å². The minimum absolute atomic E-state index is 0.00233. The highest BCUT2D eigenvalue weighted by atomic mass is 32.2. The molecule has 1 atom stereocenters. The number of rotatable bonds is 5. The van der Waals surface area contributed by atoms with Crippen LogP contribution in [-0.2, 0) is 20.8 Å². The lowest BCUT2D eigenvalue weighted by Crippen LogP contribution is -2.55. The minimum atomic E-state index is -4.83. The molecule has 0 radical (unpaired) electrons. The van der Waals surface area contributed by atoms with E-state index in [0.717, 1.165) is 23.2 Å². The summed E-state index contributed by atoms with van der Waals surface area (Å²) in [5.41, 5.74) is -1.67. The number of Topliss-reactive ketones (excluding diaryl/α,β-unsaturated/α-hetero) is 1. The van der Waals surface area contributed by atoms with Crippen molar-refractivity contribution in [3.63, 3.8) is 0 Å². The molecule has 14 heteroatoms. The average Bonchev–Trinajstić information content (AvgIpc) is 3.27. The third-order valence-corrected chi connectivity index (χ3v) is 8.17. The predicted molar refractivity (Wildman–Crippen MR) is 131 cm³/mol. The lowest BCUT2D eigenvalue weighted by Gasteiger charge is -2.41. The van der Waals surface area contributed by atoms with Crippen molar-refractivity contribution in [2.24, 2.45) is 0 Å². The van der Waals surface area contributed by atoms with E-state index in [1.54, 1.807) is 6.92 Å². The number of halogens is 3. The number of nitrogens with zero attached hydrogens (tertiary/aromatic N) is 4. The number of allylic oxidation sites excluding steroid dienone is 1. The Morgan fingerprint density at radius 3 is 2.51 bits per heavy atom. The summed E-state index contributed by atoms with van der Waals surface area (Å²) in [6, 6.07) is 3.74. The number of sulfone groups is 1. The fourth-order valence-corrected chi connectivity index (χ4v) is 5.79. The zero-order valence-corrected chi connectivity index (χ0v) is 21.6. The van der Waals surface area contributed by atoms with Gasteiger partial charge in [0.1, 0.15) is 11.7 Å². The molecule has 204 valence electrons. The number of nitrogens with one attached hydrogen (secondary N) is 1. The van der Waals surface area contributed by atoms with Crippen LogP contribution in [0, 0.1) is 11.3 Å². The second-order valence-corrected chi connectivity index (χ2v) is 10.9. The minimum Gasteiger partial charge on any atom is -0.338 e. The van der Waals surface area contributed by atoms with E-state index in [0.29, 0.717) is 11.0 Å². The monoisotopic (exact) mass is 561 g/mol. The van der Waals surface area contributed by atoms with E-state index in [1.807, 2.05) is 6.07 Å². The molecule has 1 aliphatic carbocycles. The normalized spacial score (nSPS) is 17.8. The zero-order chi connectivity index (χ0) is 28.7. The van der Waals surface area contributed by atoms with Crippen molar-refractivity contribution in [3.05, 3.63) is 64.6 Å². The van der Waals surface area contributed by atoms with Crippen LogP contribution in [-0.4, -0.2) is 48.4 Å². The van der Waals surface area contributed by atoms with E-state index in [1.165, 1.54) is 19.1 Å². The van der Waals surface area contributed by atoms with Crippen LogP contribution < -0.4 is 10.2 Å². The topological polar surface area (TPSA) is 141 Å². The van der Waals surface area contributed by atoms with Gasteiger partial charge in [-0.2, -0.15) is 18.4 Å². The molecule has 0 bridgehead atoms. The van der Waals surface area contributed by atoms with E-state index < -0.39 is 45.6 Å². The first-order valence-corrected chi connectivity index (χ1v) is 13.5. The molecular formula is C25H22F3N5O5S. The maximum absolute atomic E-state index is 13.9. The molecule has 1 N–H and O–H groups in total. The zero-order valence-electron chi connectivity index (χ0n) is 20.7. The number of carbonyl (C=O) groups excluding carboxylic acids is 3. The van der Waals surface area contributed by atoms with Crippen molar-refractivity contribution in [2.75, 3.05) is 17.2 Å². The Balaban J connectivity index is 2.04. The van der Waals surface area contributed by atoms with Crippen molar-refractivity contribution in [1.82, 2.24) is 15.2 Å². The Hall–Kier alpha value is -4.25. The van der Waals surface area contributed by atoms with Gasteiger partial charge in [-0.15, -0.1) is 0 Å². The third kappa shape index (κ3) is 4.85. The summed E-state index contributed by atoms with van der Waals surface area (Å²) in [5.74, 6) is -0.879. The Morgan fingerprint density at radius 2 is 1.90 bits per heavy atom. The summed E-state index contributed by atoms with van der Waals surface area (Å²) < 4.78 is 66.4. The number of ketones is 1. The third-order valence-electron chi connectivity index (χ3n) is 6.39. The summed E-state index contributed by atoms with van der Waals surface area (Å²) in [5, 5.41) is 11.8. The van der Waals surface area contributed by atoms with E-state index in [-0.39, 0.29) is 58.1 Å².